The molecule has 0 atom stereocenters. The number of amides is 1. The molecule has 22 heavy (non-hydrogen) atoms. The number of thiophene rings is 1. The molecule has 1 heterocycles. The Bertz CT molecular complexity index is 688. The van der Waals surface area contributed by atoms with Crippen LogP contribution >= 0.6 is 11.3 Å². The molecule has 0 radical (unpaired) electrons. The first-order valence-corrected chi connectivity index (χ1v) is 6.80. The van der Waals surface area contributed by atoms with Gasteiger partial charge in [0, 0.05) is 11.8 Å². The molecule has 0 saturated heterocycles. The lowest BCUT2D eigenvalue weighted by Gasteiger charge is -2.21. The third-order valence-corrected chi connectivity index (χ3v) is 3.71. The summed E-state index contributed by atoms with van der Waals surface area (Å²) < 4.78 is 38.3. The van der Waals surface area contributed by atoms with E-state index >= 15 is 0 Å². The zero-order valence-electron chi connectivity index (χ0n) is 10.9. The van der Waals surface area contributed by atoms with Crippen molar-refractivity contribution < 1.29 is 22.9 Å². The highest BCUT2D eigenvalue weighted by molar-refractivity contribution is 7.17. The minimum absolute atomic E-state index is 0.0447. The van der Waals surface area contributed by atoms with Crippen LogP contribution in [0, 0.1) is 15.9 Å². The first-order valence-electron chi connectivity index (χ1n) is 5.98. The van der Waals surface area contributed by atoms with E-state index in [9.17, 15) is 28.1 Å². The number of nitrogens with zero attached hydrogens (tertiary/aromatic N) is 2. The van der Waals surface area contributed by atoms with E-state index in [0.29, 0.717) is 11.3 Å². The molecule has 2 rings (SSSR count). The Kier molecular flexibility index (Phi) is 4.76. The van der Waals surface area contributed by atoms with Gasteiger partial charge in [-0.25, -0.2) is 13.2 Å². The molecular formula is C13H9F3N2O3S. The number of halogens is 3. The summed E-state index contributed by atoms with van der Waals surface area (Å²) in [5, 5.41) is 10.4. The molecule has 0 aliphatic heterocycles. The van der Waals surface area contributed by atoms with Gasteiger partial charge in [0.25, 0.3) is 12.3 Å². The maximum atomic E-state index is 12.9. The standard InChI is InChI=1S/C13H9F3N2O3S/c14-8-1-3-9(4-2-8)17(7-11(15)16)13(19)10-5-6-12(22-10)18(20)21/h1-6,11H,7H2. The van der Waals surface area contributed by atoms with Crippen LogP contribution in [0.2, 0.25) is 0 Å². The van der Waals surface area contributed by atoms with Gasteiger partial charge >= 0.3 is 5.00 Å². The maximum Gasteiger partial charge on any atom is 0.324 e. The molecule has 2 aromatic rings. The molecule has 5 nitrogen and oxygen atoms in total. The number of alkyl halides is 2. The van der Waals surface area contributed by atoms with Gasteiger partial charge in [-0.05, 0) is 30.3 Å². The maximum absolute atomic E-state index is 12.9. The van der Waals surface area contributed by atoms with E-state index in [1.807, 2.05) is 0 Å². The van der Waals surface area contributed by atoms with Crippen molar-refractivity contribution in [1.82, 2.24) is 0 Å². The zero-order chi connectivity index (χ0) is 16.3. The van der Waals surface area contributed by atoms with Crippen LogP contribution in [-0.2, 0) is 0 Å². The Labute approximate surface area is 126 Å². The van der Waals surface area contributed by atoms with Crippen molar-refractivity contribution in [1.29, 1.82) is 0 Å². The van der Waals surface area contributed by atoms with Gasteiger partial charge in [-0.2, -0.15) is 0 Å². The van der Waals surface area contributed by atoms with Gasteiger partial charge in [0.05, 0.1) is 16.3 Å². The van der Waals surface area contributed by atoms with Gasteiger partial charge in [-0.1, -0.05) is 11.3 Å². The van der Waals surface area contributed by atoms with Crippen molar-refractivity contribution in [2.75, 3.05) is 11.4 Å². The average molecular weight is 330 g/mol. The third-order valence-electron chi connectivity index (χ3n) is 2.69. The van der Waals surface area contributed by atoms with Crippen LogP contribution in [0.25, 0.3) is 0 Å². The molecule has 1 aromatic carbocycles. The Morgan fingerprint density at radius 3 is 2.36 bits per heavy atom. The summed E-state index contributed by atoms with van der Waals surface area (Å²) in [7, 11) is 0. The minimum Gasteiger partial charge on any atom is -0.302 e. The van der Waals surface area contributed by atoms with Crippen LogP contribution < -0.4 is 4.90 Å². The number of carbonyl (C=O) groups excluding carboxylic acids is 1. The highest BCUT2D eigenvalue weighted by Crippen LogP contribution is 2.27. The van der Waals surface area contributed by atoms with E-state index in [4.69, 9.17) is 0 Å². The van der Waals surface area contributed by atoms with Crippen molar-refractivity contribution in [3.63, 3.8) is 0 Å². The van der Waals surface area contributed by atoms with Crippen LogP contribution in [0.5, 0.6) is 0 Å². The summed E-state index contributed by atoms with van der Waals surface area (Å²) in [5.41, 5.74) is 0.0859. The third kappa shape index (κ3) is 3.61. The first-order chi connectivity index (χ1) is 10.4. The highest BCUT2D eigenvalue weighted by Gasteiger charge is 2.24. The van der Waals surface area contributed by atoms with Crippen molar-refractivity contribution in [3.8, 4) is 0 Å². The Morgan fingerprint density at radius 2 is 1.86 bits per heavy atom. The molecule has 0 aliphatic rings. The van der Waals surface area contributed by atoms with Crippen molar-refractivity contribution in [3.05, 3.63) is 57.2 Å². The van der Waals surface area contributed by atoms with Gasteiger partial charge in [-0.3, -0.25) is 14.9 Å². The predicted molar refractivity (Wildman–Crippen MR) is 75.1 cm³/mol. The molecule has 0 fully saturated rings. The molecule has 0 spiro atoms. The van der Waals surface area contributed by atoms with E-state index < -0.39 is 29.6 Å². The van der Waals surface area contributed by atoms with E-state index in [1.165, 1.54) is 18.2 Å². The second kappa shape index (κ2) is 6.56. The molecule has 0 saturated carbocycles. The van der Waals surface area contributed by atoms with E-state index in [-0.39, 0.29) is 15.6 Å². The van der Waals surface area contributed by atoms with Gasteiger partial charge in [0.1, 0.15) is 5.82 Å². The first kappa shape index (κ1) is 16.0. The predicted octanol–water partition coefficient (Wildman–Crippen LogP) is 3.71. The molecule has 0 unspecified atom stereocenters. The van der Waals surface area contributed by atoms with Crippen molar-refractivity contribution in [2.45, 2.75) is 6.43 Å². The second-order valence-corrected chi connectivity index (χ2v) is 5.24. The van der Waals surface area contributed by atoms with Crippen molar-refractivity contribution in [2.24, 2.45) is 0 Å². The lowest BCUT2D eigenvalue weighted by atomic mass is 10.2. The van der Waals surface area contributed by atoms with Gasteiger partial charge in [0.2, 0.25) is 0 Å². The summed E-state index contributed by atoms with van der Waals surface area (Å²) in [5.74, 6) is -1.37. The van der Waals surface area contributed by atoms with Gasteiger partial charge < -0.3 is 4.90 Å². The lowest BCUT2D eigenvalue weighted by molar-refractivity contribution is -0.380. The Balaban J connectivity index is 2.33. The lowest BCUT2D eigenvalue weighted by Crippen LogP contribution is -2.34. The fraction of sp³-hybridized carbons (Fsp3) is 0.154. The van der Waals surface area contributed by atoms with Crippen LogP contribution in [0.15, 0.2) is 36.4 Å². The van der Waals surface area contributed by atoms with E-state index in [1.54, 1.807) is 0 Å². The summed E-state index contributed by atoms with van der Waals surface area (Å²) in [6.07, 6.45) is -2.80. The Morgan fingerprint density at radius 1 is 1.23 bits per heavy atom. The average Bonchev–Trinajstić information content (AvgIpc) is 2.95. The highest BCUT2D eigenvalue weighted by atomic mass is 32.1. The molecule has 0 N–H and O–H groups in total. The van der Waals surface area contributed by atoms with Crippen LogP contribution in [0.4, 0.5) is 23.9 Å². The normalized spacial score (nSPS) is 10.7. The fourth-order valence-corrected chi connectivity index (χ4v) is 2.51. The number of rotatable bonds is 5. The summed E-state index contributed by atoms with van der Waals surface area (Å²) >= 11 is 0.593. The quantitative estimate of drug-likeness (QED) is 0.620. The number of benzene rings is 1. The number of nitro groups is 1. The number of anilines is 1. The second-order valence-electron chi connectivity index (χ2n) is 4.18. The summed E-state index contributed by atoms with van der Waals surface area (Å²) in [6, 6.07) is 6.79. The van der Waals surface area contributed by atoms with Gasteiger partial charge in [-0.15, -0.1) is 0 Å². The molecule has 0 aliphatic carbocycles. The minimum atomic E-state index is -2.80. The molecule has 116 valence electrons. The molecule has 0 bridgehead atoms. The van der Waals surface area contributed by atoms with E-state index in [2.05, 4.69) is 0 Å². The summed E-state index contributed by atoms with van der Waals surface area (Å²) in [6.45, 7) is -0.893. The van der Waals surface area contributed by atoms with Crippen LogP contribution in [0.1, 0.15) is 9.67 Å². The number of hydrogen-bond acceptors (Lipinski definition) is 4. The van der Waals surface area contributed by atoms with Crippen molar-refractivity contribution >= 4 is 27.9 Å². The summed E-state index contributed by atoms with van der Waals surface area (Å²) in [4.78, 5) is 23.0. The SMILES string of the molecule is O=C(c1ccc([N+](=O)[O-])s1)N(CC(F)F)c1ccc(F)cc1. The topological polar surface area (TPSA) is 63.4 Å². The zero-order valence-corrected chi connectivity index (χ0v) is 11.7. The molecule has 1 amide bonds. The molecular weight excluding hydrogens is 321 g/mol. The smallest absolute Gasteiger partial charge is 0.302 e. The Hall–Kier alpha value is -2.42. The molecule has 1 aromatic heterocycles. The fourth-order valence-electron chi connectivity index (χ4n) is 1.74. The largest absolute Gasteiger partial charge is 0.324 e. The van der Waals surface area contributed by atoms with Crippen LogP contribution in [0.3, 0.4) is 0 Å². The van der Waals surface area contributed by atoms with Gasteiger partial charge in [0.15, 0.2) is 0 Å². The molecule has 9 heteroatoms. The number of carbonyl (C=O) groups is 1. The van der Waals surface area contributed by atoms with Crippen LogP contribution in [-0.4, -0.2) is 23.8 Å². The number of hydrogen-bond donors (Lipinski definition) is 0. The monoisotopic (exact) mass is 330 g/mol. The van der Waals surface area contributed by atoms with E-state index in [0.717, 1.165) is 23.1 Å².